The molecule has 0 fully saturated rings. The molecule has 0 rings (SSSR count). The van der Waals surface area contributed by atoms with Crippen LogP contribution in [0.4, 0.5) is 0 Å². The predicted octanol–water partition coefficient (Wildman–Crippen LogP) is -0.483. The van der Waals surface area contributed by atoms with Gasteiger partial charge in [0, 0.05) is 16.8 Å². The molecule has 0 heterocycles. The molecule has 0 bridgehead atoms. The normalized spacial score (nSPS) is 4.80. The molecule has 0 saturated heterocycles. The second-order valence-electron chi connectivity index (χ2n) is 0.447. The summed E-state index contributed by atoms with van der Waals surface area (Å²) in [7, 11) is 0. The Morgan fingerprint density at radius 1 is 0.800 bits per heavy atom. The van der Waals surface area contributed by atoms with Crippen molar-refractivity contribution in [3.63, 3.8) is 0 Å². The number of rotatable bonds is 0. The van der Waals surface area contributed by atoms with Gasteiger partial charge in [-0.15, -0.1) is 0 Å². The van der Waals surface area contributed by atoms with Crippen LogP contribution in [-0.4, -0.2) is 10.2 Å². The monoisotopic (exact) mass is 247 g/mol. The Kier molecular flexibility index (Phi) is 35.9. The van der Waals surface area contributed by atoms with Crippen LogP contribution in [-0.2, 0) is 36.3 Å². The molecule has 10 heavy (non-hydrogen) atoms. The first-order chi connectivity index (χ1) is 3.46. The average Bonchev–Trinajstić information content (AvgIpc) is 1.25. The van der Waals surface area contributed by atoms with E-state index in [1.807, 2.05) is 0 Å². The van der Waals surface area contributed by atoms with E-state index in [4.69, 9.17) is 30.6 Å². The summed E-state index contributed by atoms with van der Waals surface area (Å²) >= 11 is 0. The summed E-state index contributed by atoms with van der Waals surface area (Å²) in [4.78, 5) is 16.5. The summed E-state index contributed by atoms with van der Waals surface area (Å²) in [6.07, 6.45) is 0. The number of hydrogen-bond acceptors (Lipinski definition) is 6. The third-order valence-electron chi connectivity index (χ3n) is 0. The van der Waals surface area contributed by atoms with E-state index in [1.165, 1.54) is 0 Å². The Hall–Kier alpha value is -0.470. The molecule has 0 unspecified atom stereocenters. The van der Waals surface area contributed by atoms with Crippen LogP contribution in [0, 0.1) is 30.6 Å². The molecule has 10 heteroatoms. The summed E-state index contributed by atoms with van der Waals surface area (Å²) in [5.41, 5.74) is 0. The summed E-state index contributed by atoms with van der Waals surface area (Å²) in [5.74, 6) is 0. The molecule has 1 radical (unpaired) electrons. The van der Waals surface area contributed by atoms with Crippen molar-refractivity contribution in [2.24, 2.45) is 0 Å². The Morgan fingerprint density at radius 3 is 0.800 bits per heavy atom. The van der Waals surface area contributed by atoms with E-state index in [0.29, 0.717) is 0 Å². The Balaban J connectivity index is -0.0000000300. The fourth-order valence-electron chi connectivity index (χ4n) is 0. The van der Waals surface area contributed by atoms with Gasteiger partial charge in [-0.05, 0) is 0 Å². The first-order valence-electron chi connectivity index (χ1n) is 1.10. The van der Waals surface area contributed by atoms with E-state index in [-0.39, 0.29) is 36.3 Å². The van der Waals surface area contributed by atoms with E-state index >= 15 is 0 Å². The molecular formula is CoN2O6Zn. The molecule has 0 atom stereocenters. The maximum Gasteiger partial charge on any atom is 2.00 e. The van der Waals surface area contributed by atoms with Crippen molar-refractivity contribution in [2.45, 2.75) is 0 Å². The summed E-state index contributed by atoms with van der Waals surface area (Å²) in [6.45, 7) is 0. The van der Waals surface area contributed by atoms with Crippen molar-refractivity contribution in [1.29, 1.82) is 0 Å². The van der Waals surface area contributed by atoms with Crippen molar-refractivity contribution in [3.05, 3.63) is 30.6 Å². The zero-order chi connectivity index (χ0) is 7.15. The van der Waals surface area contributed by atoms with Crippen LogP contribution in [0.3, 0.4) is 0 Å². The quantitative estimate of drug-likeness (QED) is 0.323. The average molecular weight is 248 g/mol. The molecule has 0 aliphatic rings. The van der Waals surface area contributed by atoms with Gasteiger partial charge in [0.25, 0.3) is 0 Å². The first kappa shape index (κ1) is 22.7. The van der Waals surface area contributed by atoms with E-state index in [0.717, 1.165) is 0 Å². The van der Waals surface area contributed by atoms with Gasteiger partial charge < -0.3 is 30.6 Å². The van der Waals surface area contributed by atoms with Gasteiger partial charge in [0.05, 0.1) is 10.2 Å². The van der Waals surface area contributed by atoms with E-state index in [2.05, 4.69) is 0 Å². The fourth-order valence-corrected chi connectivity index (χ4v) is 0. The van der Waals surface area contributed by atoms with Crippen LogP contribution < -0.4 is 0 Å². The van der Waals surface area contributed by atoms with Crippen molar-refractivity contribution in [2.75, 3.05) is 0 Å². The van der Waals surface area contributed by atoms with E-state index in [1.54, 1.807) is 0 Å². The van der Waals surface area contributed by atoms with Gasteiger partial charge in [-0.1, -0.05) is 0 Å². The zero-order valence-corrected chi connectivity index (χ0v) is 8.39. The molecule has 0 aromatic carbocycles. The van der Waals surface area contributed by atoms with Crippen LogP contribution in [0.25, 0.3) is 0 Å². The third-order valence-corrected chi connectivity index (χ3v) is 0. The van der Waals surface area contributed by atoms with Crippen molar-refractivity contribution in [1.82, 2.24) is 0 Å². The van der Waals surface area contributed by atoms with Crippen LogP contribution in [0.1, 0.15) is 0 Å². The standard InChI is InChI=1S/Co.2NO3.Zn/c;2*2-1(3)4;/q;2*-1;+2. The topological polar surface area (TPSA) is 132 Å². The molecule has 0 amide bonds. The van der Waals surface area contributed by atoms with Crippen molar-refractivity contribution < 1.29 is 46.4 Å². The number of nitrogens with zero attached hydrogens (tertiary/aromatic N) is 2. The Morgan fingerprint density at radius 2 is 0.800 bits per heavy atom. The first-order valence-corrected chi connectivity index (χ1v) is 1.10. The van der Waals surface area contributed by atoms with Gasteiger partial charge >= 0.3 is 19.5 Å². The maximum atomic E-state index is 8.25. The van der Waals surface area contributed by atoms with Crippen molar-refractivity contribution >= 4 is 0 Å². The molecule has 0 spiro atoms. The minimum Gasteiger partial charge on any atom is -0.356 e. The van der Waals surface area contributed by atoms with Crippen molar-refractivity contribution in [3.8, 4) is 0 Å². The van der Waals surface area contributed by atoms with Gasteiger partial charge in [0.1, 0.15) is 0 Å². The van der Waals surface area contributed by atoms with Gasteiger partial charge in [-0.25, -0.2) is 0 Å². The van der Waals surface area contributed by atoms with Crippen LogP contribution >= 0.6 is 0 Å². The van der Waals surface area contributed by atoms with Crippen LogP contribution in [0.2, 0.25) is 0 Å². The van der Waals surface area contributed by atoms with Crippen LogP contribution in [0.15, 0.2) is 0 Å². The summed E-state index contributed by atoms with van der Waals surface area (Å²) in [6, 6.07) is 0. The van der Waals surface area contributed by atoms with Gasteiger partial charge in [-0.3, -0.25) is 0 Å². The molecule has 0 saturated carbocycles. The molecule has 0 N–H and O–H groups in total. The Bertz CT molecular complexity index is 73.7. The van der Waals surface area contributed by atoms with Gasteiger partial charge in [-0.2, -0.15) is 0 Å². The number of hydrogen-bond donors (Lipinski definition) is 0. The van der Waals surface area contributed by atoms with Crippen LogP contribution in [0.5, 0.6) is 0 Å². The summed E-state index contributed by atoms with van der Waals surface area (Å²) in [5, 5.41) is 29.5. The minimum absolute atomic E-state index is 0. The molecule has 8 nitrogen and oxygen atoms in total. The molecule has 0 aromatic rings. The second kappa shape index (κ2) is 15.8. The molecular weight excluding hydrogens is 248 g/mol. The maximum absolute atomic E-state index is 8.25. The van der Waals surface area contributed by atoms with Gasteiger partial charge in [0.2, 0.25) is 0 Å². The predicted molar refractivity (Wildman–Crippen MR) is 20.7 cm³/mol. The van der Waals surface area contributed by atoms with Gasteiger partial charge in [0.15, 0.2) is 0 Å². The largest absolute Gasteiger partial charge is 2.00 e. The molecule has 0 aromatic heterocycles. The Labute approximate surface area is 77.4 Å². The molecule has 57 valence electrons. The molecule has 0 aliphatic heterocycles. The summed E-state index contributed by atoms with van der Waals surface area (Å²) < 4.78 is 0. The minimum atomic E-state index is -1.75. The smallest absolute Gasteiger partial charge is 0.356 e. The SMILES string of the molecule is O=[N+]([O-])[O-].O=[N+]([O-])[O-].[Co].[Zn+2]. The fraction of sp³-hybridized carbons (Fsp3) is 0. The van der Waals surface area contributed by atoms with E-state index < -0.39 is 10.2 Å². The zero-order valence-electron chi connectivity index (χ0n) is 4.38. The second-order valence-corrected chi connectivity index (χ2v) is 0.447. The molecule has 0 aliphatic carbocycles. The third kappa shape index (κ3) is 1450. The van der Waals surface area contributed by atoms with E-state index in [9.17, 15) is 0 Å².